The zero-order valence-corrected chi connectivity index (χ0v) is 10.8. The van der Waals surface area contributed by atoms with E-state index in [0.29, 0.717) is 16.7 Å². The van der Waals surface area contributed by atoms with Crippen molar-refractivity contribution < 1.29 is 4.79 Å². The lowest BCUT2D eigenvalue weighted by Gasteiger charge is -2.32. The summed E-state index contributed by atoms with van der Waals surface area (Å²) in [7, 11) is 0. The number of nitrogens with one attached hydrogen (secondary N) is 1. The van der Waals surface area contributed by atoms with E-state index in [4.69, 9.17) is 5.73 Å². The summed E-state index contributed by atoms with van der Waals surface area (Å²) in [5.41, 5.74) is 8.86. The zero-order valence-electron chi connectivity index (χ0n) is 9.21. The third-order valence-corrected chi connectivity index (χ3v) is 7.56. The molecule has 6 rings (SSSR count). The number of alkyl halides is 1. The second-order valence-corrected chi connectivity index (χ2v) is 7.44. The van der Waals surface area contributed by atoms with Crippen LogP contribution in [0.2, 0.25) is 0 Å². The van der Waals surface area contributed by atoms with Crippen LogP contribution >= 0.6 is 15.9 Å². The molecule has 0 radical (unpaired) electrons. The highest BCUT2D eigenvalue weighted by molar-refractivity contribution is 9.09. The summed E-state index contributed by atoms with van der Waals surface area (Å²) in [6.07, 6.45) is 1.41. The van der Waals surface area contributed by atoms with Crippen LogP contribution in [0.15, 0.2) is 5.10 Å². The number of carbonyl (C=O) groups is 1. The molecule has 2 amide bonds. The molecule has 9 unspecified atom stereocenters. The minimum atomic E-state index is -0.536. The predicted octanol–water partition coefficient (Wildman–Crippen LogP) is 1.16. The van der Waals surface area contributed by atoms with Crippen molar-refractivity contribution in [2.24, 2.45) is 58.2 Å². The van der Waals surface area contributed by atoms with Gasteiger partial charge in [-0.15, -0.1) is 0 Å². The highest BCUT2D eigenvalue weighted by Crippen LogP contribution is 2.82. The van der Waals surface area contributed by atoms with Crippen LogP contribution in [0.5, 0.6) is 0 Å². The molecule has 4 nitrogen and oxygen atoms in total. The third-order valence-electron chi connectivity index (χ3n) is 6.34. The minimum Gasteiger partial charge on any atom is -0.350 e. The van der Waals surface area contributed by atoms with Gasteiger partial charge in [0.25, 0.3) is 0 Å². The summed E-state index contributed by atoms with van der Waals surface area (Å²) in [6, 6.07) is -0.536. The number of rotatable bonds is 1. The molecule has 0 aliphatic heterocycles. The van der Waals surface area contributed by atoms with Gasteiger partial charge in [-0.1, -0.05) is 15.9 Å². The fourth-order valence-corrected chi connectivity index (χ4v) is 7.92. The second kappa shape index (κ2) is 2.56. The number of nitrogens with zero attached hydrogens (tertiary/aromatic N) is 1. The summed E-state index contributed by atoms with van der Waals surface area (Å²) in [4.78, 5) is 11.5. The first-order valence-corrected chi connectivity index (χ1v) is 7.38. The maximum Gasteiger partial charge on any atom is 0.332 e. The van der Waals surface area contributed by atoms with Gasteiger partial charge >= 0.3 is 6.03 Å². The van der Waals surface area contributed by atoms with Crippen molar-refractivity contribution in [1.29, 1.82) is 0 Å². The molecule has 0 aromatic carbocycles. The molecule has 0 aromatic heterocycles. The summed E-state index contributed by atoms with van der Waals surface area (Å²) < 4.78 is 0. The number of hydrazone groups is 1. The van der Waals surface area contributed by atoms with Crippen molar-refractivity contribution in [3.8, 4) is 0 Å². The van der Waals surface area contributed by atoms with E-state index in [1.54, 1.807) is 0 Å². The highest BCUT2D eigenvalue weighted by Gasteiger charge is 2.82. The molecule has 17 heavy (non-hydrogen) atoms. The van der Waals surface area contributed by atoms with Crippen LogP contribution < -0.4 is 11.2 Å². The van der Waals surface area contributed by atoms with Crippen LogP contribution in [0.25, 0.3) is 0 Å². The Kier molecular flexibility index (Phi) is 1.41. The lowest BCUT2D eigenvalue weighted by Crippen LogP contribution is -2.30. The van der Waals surface area contributed by atoms with Crippen LogP contribution in [-0.2, 0) is 0 Å². The van der Waals surface area contributed by atoms with E-state index in [1.165, 1.54) is 12.1 Å². The smallest absolute Gasteiger partial charge is 0.332 e. The molecule has 90 valence electrons. The first-order valence-electron chi connectivity index (χ1n) is 6.47. The van der Waals surface area contributed by atoms with E-state index < -0.39 is 6.03 Å². The highest BCUT2D eigenvalue weighted by atomic mass is 79.9. The largest absolute Gasteiger partial charge is 0.350 e. The van der Waals surface area contributed by atoms with E-state index in [1.807, 2.05) is 0 Å². The Labute approximate surface area is 108 Å². The van der Waals surface area contributed by atoms with Crippen LogP contribution in [0.1, 0.15) is 6.42 Å². The lowest BCUT2D eigenvalue weighted by atomic mass is 9.71. The summed E-state index contributed by atoms with van der Waals surface area (Å²) in [5.74, 6) is 6.55. The molecular formula is C12H14BrN3O. The third kappa shape index (κ3) is 0.761. The Morgan fingerprint density at radius 1 is 1.24 bits per heavy atom. The topological polar surface area (TPSA) is 67.5 Å². The Hall–Kier alpha value is -0.580. The standard InChI is InChI=1S/C12H14BrN3O/c13-10-6-2-1-3-4(6)9-8(10)5(2)7(3)11(9)15-16-12(14)17/h2-10H,1H2,(H3,14,16,17)/b15-11+. The van der Waals surface area contributed by atoms with Gasteiger partial charge < -0.3 is 5.73 Å². The van der Waals surface area contributed by atoms with Gasteiger partial charge in [0.1, 0.15) is 0 Å². The molecule has 9 atom stereocenters. The van der Waals surface area contributed by atoms with Gasteiger partial charge in [-0.3, -0.25) is 0 Å². The Bertz CT molecular complexity index is 476. The number of nitrogens with two attached hydrogens (primary N) is 1. The van der Waals surface area contributed by atoms with E-state index in [9.17, 15) is 4.79 Å². The predicted molar refractivity (Wildman–Crippen MR) is 65.4 cm³/mol. The molecule has 6 aliphatic rings. The number of hydrogen-bond acceptors (Lipinski definition) is 2. The number of urea groups is 1. The molecule has 6 bridgehead atoms. The number of amides is 2. The average molecular weight is 296 g/mol. The fourth-order valence-electron chi connectivity index (χ4n) is 6.49. The molecule has 0 saturated heterocycles. The Balaban J connectivity index is 1.62. The van der Waals surface area contributed by atoms with Crippen molar-refractivity contribution in [3.63, 3.8) is 0 Å². The molecule has 6 saturated carbocycles. The maximum atomic E-state index is 10.8. The van der Waals surface area contributed by atoms with Crippen LogP contribution in [0, 0.1) is 47.3 Å². The first-order chi connectivity index (χ1) is 8.20. The number of hydrogen-bond donors (Lipinski definition) is 2. The quantitative estimate of drug-likeness (QED) is 0.553. The molecule has 6 fully saturated rings. The molecule has 0 spiro atoms. The normalized spacial score (nSPS) is 65.7. The summed E-state index contributed by atoms with van der Waals surface area (Å²) in [5, 5.41) is 4.35. The van der Waals surface area contributed by atoms with Crippen LogP contribution in [0.3, 0.4) is 0 Å². The van der Waals surface area contributed by atoms with Crippen LogP contribution in [0.4, 0.5) is 4.79 Å². The number of primary amides is 1. The number of halogens is 1. The van der Waals surface area contributed by atoms with Gasteiger partial charge in [-0.2, -0.15) is 5.10 Å². The molecule has 0 heterocycles. The molecule has 6 aliphatic carbocycles. The zero-order chi connectivity index (χ0) is 11.5. The van der Waals surface area contributed by atoms with Crippen molar-refractivity contribution in [3.05, 3.63) is 0 Å². The SMILES string of the molecule is NC(=O)N/N=C1/C2C3C(Br)C4C5CC(C1C53)C24. The molecule has 5 heteroatoms. The van der Waals surface area contributed by atoms with Gasteiger partial charge in [0.2, 0.25) is 0 Å². The lowest BCUT2D eigenvalue weighted by molar-refractivity contribution is 0.132. The van der Waals surface area contributed by atoms with Crippen molar-refractivity contribution >= 4 is 27.7 Å². The summed E-state index contributed by atoms with van der Waals surface area (Å²) in [6.45, 7) is 0. The first kappa shape index (κ1) is 9.36. The van der Waals surface area contributed by atoms with E-state index in [0.717, 1.165) is 35.5 Å². The van der Waals surface area contributed by atoms with Gasteiger partial charge in [0.15, 0.2) is 0 Å². The van der Waals surface area contributed by atoms with Crippen LogP contribution in [-0.4, -0.2) is 16.6 Å². The van der Waals surface area contributed by atoms with Gasteiger partial charge in [0, 0.05) is 22.4 Å². The van der Waals surface area contributed by atoms with Gasteiger partial charge in [-0.05, 0) is 41.9 Å². The van der Waals surface area contributed by atoms with E-state index >= 15 is 0 Å². The Morgan fingerprint density at radius 3 is 2.71 bits per heavy atom. The van der Waals surface area contributed by atoms with Crippen molar-refractivity contribution in [2.75, 3.05) is 0 Å². The fraction of sp³-hybridized carbons (Fsp3) is 0.833. The summed E-state index contributed by atoms with van der Waals surface area (Å²) >= 11 is 3.93. The maximum absolute atomic E-state index is 10.8. The average Bonchev–Trinajstić information content (AvgIpc) is 2.97. The van der Waals surface area contributed by atoms with Crippen molar-refractivity contribution in [2.45, 2.75) is 11.2 Å². The van der Waals surface area contributed by atoms with E-state index in [-0.39, 0.29) is 0 Å². The minimum absolute atomic E-state index is 0.536. The number of carbonyl (C=O) groups excluding carboxylic acids is 1. The Morgan fingerprint density at radius 2 is 2.00 bits per heavy atom. The van der Waals surface area contributed by atoms with Crippen molar-refractivity contribution in [1.82, 2.24) is 5.43 Å². The monoisotopic (exact) mass is 295 g/mol. The molecular weight excluding hydrogens is 282 g/mol. The molecule has 3 N–H and O–H groups in total. The van der Waals surface area contributed by atoms with E-state index in [2.05, 4.69) is 26.5 Å². The molecule has 0 aromatic rings. The van der Waals surface area contributed by atoms with Gasteiger partial charge in [0.05, 0.1) is 0 Å². The second-order valence-electron chi connectivity index (χ2n) is 6.38. The van der Waals surface area contributed by atoms with Gasteiger partial charge in [-0.25, -0.2) is 10.2 Å².